The Morgan fingerprint density at radius 2 is 1.32 bits per heavy atom. The third-order valence-corrected chi connectivity index (χ3v) is 8.06. The number of aromatic nitrogens is 4. The summed E-state index contributed by atoms with van der Waals surface area (Å²) in [5.74, 6) is 0.101. The number of hydrogen-bond acceptors (Lipinski definition) is 4. The Morgan fingerprint density at radius 3 is 1.88 bits per heavy atom. The van der Waals surface area contributed by atoms with Crippen molar-refractivity contribution in [1.29, 1.82) is 0 Å². The van der Waals surface area contributed by atoms with Crippen LogP contribution in [0.1, 0.15) is 110 Å². The van der Waals surface area contributed by atoms with E-state index in [4.69, 9.17) is 0 Å². The van der Waals surface area contributed by atoms with Crippen LogP contribution < -0.4 is 10.0 Å². The van der Waals surface area contributed by atoms with Crippen LogP contribution in [-0.2, 0) is 4.79 Å². The van der Waals surface area contributed by atoms with Crippen molar-refractivity contribution in [2.24, 2.45) is 0 Å². The maximum atomic E-state index is 12.2. The second-order valence-electron chi connectivity index (χ2n) is 9.15. The molecule has 0 bridgehead atoms. The van der Waals surface area contributed by atoms with Gasteiger partial charge in [0.05, 0.1) is 0 Å². The number of hydrogen-bond donors (Lipinski definition) is 1. The normalized spacial score (nSPS) is 11.1. The van der Waals surface area contributed by atoms with Crippen LogP contribution in [0.3, 0.4) is 0 Å². The first kappa shape index (κ1) is 28.5. The Bertz CT molecular complexity index is 752. The van der Waals surface area contributed by atoms with Crippen molar-refractivity contribution in [3.8, 4) is 5.69 Å². The monoisotopic (exact) mass is 535 g/mol. The van der Waals surface area contributed by atoms with Crippen LogP contribution in [0.2, 0.25) is 5.32 Å². The predicted octanol–water partition coefficient (Wildman–Crippen LogP) is 5.79. The second-order valence-corrected chi connectivity index (χ2v) is 11.1. The topological polar surface area (TPSA) is 72.7 Å². The van der Waals surface area contributed by atoms with Crippen LogP contribution in [0, 0.1) is 0 Å². The summed E-state index contributed by atoms with van der Waals surface area (Å²) in [4.78, 5) is 12.2. The van der Waals surface area contributed by atoms with Gasteiger partial charge in [-0.25, -0.2) is 0 Å². The minimum absolute atomic E-state index is 0.0853. The molecule has 0 aliphatic carbocycles. The molecule has 1 aromatic heterocycles. The summed E-state index contributed by atoms with van der Waals surface area (Å²) < 4.78 is 2.50. The van der Waals surface area contributed by atoms with Gasteiger partial charge in [-0.3, -0.25) is 0 Å². The number of carbonyl (C=O) groups excluding carboxylic acids is 1. The van der Waals surface area contributed by atoms with Crippen molar-refractivity contribution >= 4 is 25.6 Å². The van der Waals surface area contributed by atoms with Crippen LogP contribution in [0.25, 0.3) is 5.69 Å². The molecule has 1 heterocycles. The molecule has 1 amide bonds. The van der Waals surface area contributed by atoms with E-state index in [1.165, 1.54) is 96.3 Å². The first-order valence-corrected chi connectivity index (χ1v) is 15.6. The van der Waals surface area contributed by atoms with Gasteiger partial charge in [0.1, 0.15) is 0 Å². The zero-order valence-electron chi connectivity index (χ0n) is 21.2. The average Bonchev–Trinajstić information content (AvgIpc) is 3.34. The molecular formula is C27H45N5OSe. The van der Waals surface area contributed by atoms with Crippen LogP contribution in [0.5, 0.6) is 0 Å². The molecule has 0 aliphatic rings. The van der Waals surface area contributed by atoms with E-state index in [-0.39, 0.29) is 20.9 Å². The van der Waals surface area contributed by atoms with E-state index < -0.39 is 0 Å². The first-order chi connectivity index (χ1) is 16.8. The molecule has 2 aromatic rings. The summed E-state index contributed by atoms with van der Waals surface area (Å²) in [5, 5.41) is 15.4. The molecule has 0 saturated heterocycles. The molecule has 6 nitrogen and oxygen atoms in total. The van der Waals surface area contributed by atoms with Crippen molar-refractivity contribution in [3.63, 3.8) is 0 Å². The zero-order chi connectivity index (χ0) is 24.1. The standard InChI is InChI=1S/C27H45N5OSe/c1-2-3-4-5-6-7-8-9-10-11-12-13-14-15-16-20-23-28-26(33)24-34-27-29-30-31-32(27)25-21-18-17-19-22-25/h17-19,21-22H,2-16,20,23-24H2,1H3,(H,28,33). The molecular weight excluding hydrogens is 489 g/mol. The molecule has 7 heteroatoms. The van der Waals surface area contributed by atoms with Gasteiger partial charge in [-0.1, -0.05) is 58.3 Å². The summed E-state index contributed by atoms with van der Waals surface area (Å²) >= 11 is -0.0853. The quantitative estimate of drug-likeness (QED) is 0.163. The fourth-order valence-electron chi connectivity index (χ4n) is 4.08. The van der Waals surface area contributed by atoms with Crippen LogP contribution in [0.4, 0.5) is 0 Å². The zero-order valence-corrected chi connectivity index (χ0v) is 22.9. The fraction of sp³-hybridized carbons (Fsp3) is 0.704. The molecule has 0 saturated carbocycles. The van der Waals surface area contributed by atoms with Gasteiger partial charge in [0.25, 0.3) is 0 Å². The van der Waals surface area contributed by atoms with Gasteiger partial charge >= 0.3 is 155 Å². The number of rotatable bonds is 21. The van der Waals surface area contributed by atoms with Gasteiger partial charge in [0.2, 0.25) is 0 Å². The molecule has 1 N–H and O–H groups in total. The third kappa shape index (κ3) is 13.2. The van der Waals surface area contributed by atoms with Gasteiger partial charge in [-0.2, -0.15) is 0 Å². The molecule has 0 radical (unpaired) electrons. The fourth-order valence-corrected chi connectivity index (χ4v) is 5.59. The number of nitrogens with one attached hydrogen (secondary N) is 1. The molecule has 0 spiro atoms. The Kier molecular flexibility index (Phi) is 16.4. The van der Waals surface area contributed by atoms with Crippen molar-refractivity contribution in [1.82, 2.24) is 25.5 Å². The van der Waals surface area contributed by atoms with E-state index in [0.29, 0.717) is 5.32 Å². The maximum absolute atomic E-state index is 12.2. The Balaban J connectivity index is 1.36. The summed E-state index contributed by atoms with van der Waals surface area (Å²) in [6, 6.07) is 9.81. The van der Waals surface area contributed by atoms with Crippen LogP contribution in [0.15, 0.2) is 30.3 Å². The summed E-state index contributed by atoms with van der Waals surface area (Å²) in [7, 11) is 0. The van der Waals surface area contributed by atoms with Gasteiger partial charge in [-0.15, -0.1) is 0 Å². The summed E-state index contributed by atoms with van der Waals surface area (Å²) in [5.41, 5.74) is 0.929. The van der Waals surface area contributed by atoms with E-state index in [9.17, 15) is 4.79 Å². The van der Waals surface area contributed by atoms with Crippen LogP contribution >= 0.6 is 0 Å². The van der Waals surface area contributed by atoms with Crippen molar-refractivity contribution in [2.75, 3.05) is 6.54 Å². The second kappa shape index (κ2) is 19.6. The molecule has 1 aromatic carbocycles. The molecule has 190 valence electrons. The number of para-hydroxylation sites is 1. The molecule has 0 atom stereocenters. The SMILES string of the molecule is CCCCCCCCCCCCCCCCCCNC(=O)C[Se]c1nnnn1-c1ccccc1. The van der Waals surface area contributed by atoms with Gasteiger partial charge in [0, 0.05) is 0 Å². The Morgan fingerprint density at radius 1 is 0.794 bits per heavy atom. The van der Waals surface area contributed by atoms with Crippen molar-refractivity contribution in [3.05, 3.63) is 30.3 Å². The number of carbonyl (C=O) groups is 1. The van der Waals surface area contributed by atoms with Gasteiger partial charge in [0.15, 0.2) is 0 Å². The van der Waals surface area contributed by atoms with Gasteiger partial charge in [-0.05, 0) is 0 Å². The number of nitrogens with zero attached hydrogens (tertiary/aromatic N) is 4. The third-order valence-electron chi connectivity index (χ3n) is 6.13. The number of tetrazole rings is 1. The molecule has 0 unspecified atom stereocenters. The van der Waals surface area contributed by atoms with Gasteiger partial charge < -0.3 is 0 Å². The van der Waals surface area contributed by atoms with E-state index in [1.54, 1.807) is 4.68 Å². The molecule has 2 rings (SSSR count). The van der Waals surface area contributed by atoms with E-state index >= 15 is 0 Å². The van der Waals surface area contributed by atoms with Crippen LogP contribution in [-0.4, -0.2) is 47.6 Å². The summed E-state index contributed by atoms with van der Waals surface area (Å²) in [6.07, 6.45) is 21.8. The van der Waals surface area contributed by atoms with Crippen molar-refractivity contribution in [2.45, 2.75) is 115 Å². The Hall–Kier alpha value is -1.72. The number of benzene rings is 1. The van der Waals surface area contributed by atoms with E-state index in [2.05, 4.69) is 27.8 Å². The number of unbranched alkanes of at least 4 members (excludes halogenated alkanes) is 15. The molecule has 0 fully saturated rings. The predicted molar refractivity (Wildman–Crippen MR) is 142 cm³/mol. The molecule has 0 aliphatic heterocycles. The first-order valence-electron chi connectivity index (χ1n) is 13.5. The van der Waals surface area contributed by atoms with E-state index in [0.717, 1.165) is 23.4 Å². The number of amides is 1. The minimum atomic E-state index is -0.0853. The average molecular weight is 535 g/mol. The van der Waals surface area contributed by atoms with Crippen molar-refractivity contribution < 1.29 is 4.79 Å². The summed E-state index contributed by atoms with van der Waals surface area (Å²) in [6.45, 7) is 3.06. The molecule has 34 heavy (non-hydrogen) atoms. The Labute approximate surface area is 213 Å². The van der Waals surface area contributed by atoms with E-state index in [1.807, 2.05) is 30.3 Å².